The molecule has 0 radical (unpaired) electrons. The topological polar surface area (TPSA) is 164 Å². The van der Waals surface area contributed by atoms with Gasteiger partial charge in [0.1, 0.15) is 22.2 Å². The lowest BCUT2D eigenvalue weighted by Gasteiger charge is -2.07. The third-order valence-corrected chi connectivity index (χ3v) is 6.10. The van der Waals surface area contributed by atoms with E-state index in [9.17, 15) is 25.0 Å². The Bertz CT molecular complexity index is 1240. The number of thioether (sulfide) groups is 1. The lowest BCUT2D eigenvalue weighted by Crippen LogP contribution is -2.14. The molecule has 1 amide bonds. The second-order valence-electron chi connectivity index (χ2n) is 6.97. The van der Waals surface area contributed by atoms with Crippen LogP contribution >= 0.6 is 23.4 Å². The van der Waals surface area contributed by atoms with Crippen molar-refractivity contribution in [3.05, 3.63) is 60.7 Å². The van der Waals surface area contributed by atoms with Crippen LogP contribution in [-0.4, -0.2) is 46.1 Å². The van der Waals surface area contributed by atoms with E-state index >= 15 is 0 Å². The van der Waals surface area contributed by atoms with Gasteiger partial charge in [-0.25, -0.2) is 0 Å². The lowest BCUT2D eigenvalue weighted by molar-refractivity contribution is -0.386. The number of carbonyl (C=O) groups excluding carboxylic acids is 1. The maximum Gasteiger partial charge on any atom is 0.312 e. The molecule has 0 spiro atoms. The van der Waals surface area contributed by atoms with E-state index < -0.39 is 9.85 Å². The number of nitrogens with one attached hydrogen (secondary N) is 1. The van der Waals surface area contributed by atoms with Crippen LogP contribution in [0.15, 0.2) is 23.4 Å². The highest BCUT2D eigenvalue weighted by Crippen LogP contribution is 2.27. The molecule has 0 aliphatic heterocycles. The van der Waals surface area contributed by atoms with Crippen LogP contribution in [-0.2, 0) is 24.8 Å². The van der Waals surface area contributed by atoms with Crippen LogP contribution in [0.4, 0.5) is 17.1 Å². The van der Waals surface area contributed by atoms with E-state index in [2.05, 4.69) is 20.6 Å². The predicted octanol–water partition coefficient (Wildman–Crippen LogP) is 3.07. The summed E-state index contributed by atoms with van der Waals surface area (Å²) in [4.78, 5) is 33.3. The summed E-state index contributed by atoms with van der Waals surface area (Å²) in [5, 5.41) is 37.6. The smallest absolute Gasteiger partial charge is 0.312 e. The molecule has 1 aromatic carbocycles. The first-order valence-corrected chi connectivity index (χ1v) is 10.9. The van der Waals surface area contributed by atoms with Gasteiger partial charge in [-0.2, -0.15) is 5.10 Å². The largest absolute Gasteiger partial charge is 0.325 e. The number of carbonyl (C=O) groups is 1. The van der Waals surface area contributed by atoms with Gasteiger partial charge >= 0.3 is 5.69 Å². The number of benzene rings is 1. The molecule has 0 saturated heterocycles. The fraction of sp³-hybridized carbons (Fsp3) is 0.333. The number of aromatic nitrogens is 5. The molecule has 2 heterocycles. The molecule has 0 unspecified atom stereocenters. The quantitative estimate of drug-likeness (QED) is 0.267. The average molecular weight is 495 g/mol. The number of anilines is 1. The summed E-state index contributed by atoms with van der Waals surface area (Å²) in [5.74, 6) is 0.254. The summed E-state index contributed by atoms with van der Waals surface area (Å²) in [6.07, 6.45) is 0.434. The first kappa shape index (κ1) is 24.1. The molecule has 13 nitrogen and oxygen atoms in total. The van der Waals surface area contributed by atoms with Crippen LogP contribution in [0.25, 0.3) is 0 Å². The summed E-state index contributed by atoms with van der Waals surface area (Å²) in [6.45, 7) is 3.61. The monoisotopic (exact) mass is 494 g/mol. The summed E-state index contributed by atoms with van der Waals surface area (Å²) in [6, 6.07) is 4.01. The molecule has 0 aliphatic carbocycles. The zero-order chi connectivity index (χ0) is 24.3. The second-order valence-corrected chi connectivity index (χ2v) is 8.32. The lowest BCUT2D eigenvalue weighted by atomic mass is 10.3. The molecular formula is C18H19ClN8O5S. The SMILES string of the molecule is Cc1nn(CCc2nnc(SCC(=O)Nc3ccc(Cl)c([N+](=O)[O-])c3)n2C)c(C)c1[N+](=O)[O-]. The molecule has 0 bridgehead atoms. The first-order chi connectivity index (χ1) is 15.6. The summed E-state index contributed by atoms with van der Waals surface area (Å²) in [7, 11) is 1.75. The Labute approximate surface area is 196 Å². The Balaban J connectivity index is 1.59. The summed E-state index contributed by atoms with van der Waals surface area (Å²) >= 11 is 6.92. The van der Waals surface area contributed by atoms with Gasteiger partial charge in [-0.3, -0.25) is 29.7 Å². The molecule has 174 valence electrons. The number of nitro benzene ring substituents is 1. The van der Waals surface area contributed by atoms with Crippen molar-refractivity contribution in [2.24, 2.45) is 7.05 Å². The summed E-state index contributed by atoms with van der Waals surface area (Å²) in [5.41, 5.74) is 0.778. The first-order valence-electron chi connectivity index (χ1n) is 9.51. The Hall–Kier alpha value is -3.52. The van der Waals surface area contributed by atoms with Gasteiger partial charge in [-0.15, -0.1) is 10.2 Å². The third kappa shape index (κ3) is 5.46. The van der Waals surface area contributed by atoms with Crippen molar-refractivity contribution in [1.29, 1.82) is 0 Å². The number of amides is 1. The maximum atomic E-state index is 12.2. The number of halogens is 1. The fourth-order valence-electron chi connectivity index (χ4n) is 3.12. The van der Waals surface area contributed by atoms with E-state index in [1.165, 1.54) is 18.2 Å². The van der Waals surface area contributed by atoms with Gasteiger partial charge in [0.05, 0.1) is 15.6 Å². The Morgan fingerprint density at radius 3 is 2.58 bits per heavy atom. The molecule has 1 N–H and O–H groups in total. The van der Waals surface area contributed by atoms with Gasteiger partial charge in [0, 0.05) is 31.8 Å². The van der Waals surface area contributed by atoms with Crippen molar-refractivity contribution in [2.75, 3.05) is 11.1 Å². The minimum atomic E-state index is -0.627. The van der Waals surface area contributed by atoms with Crippen LogP contribution < -0.4 is 5.32 Å². The van der Waals surface area contributed by atoms with E-state index in [1.54, 1.807) is 30.1 Å². The van der Waals surface area contributed by atoms with Crippen LogP contribution in [0.3, 0.4) is 0 Å². The van der Waals surface area contributed by atoms with Crippen LogP contribution in [0.1, 0.15) is 17.2 Å². The van der Waals surface area contributed by atoms with Gasteiger partial charge < -0.3 is 9.88 Å². The highest BCUT2D eigenvalue weighted by atomic mass is 35.5. The van der Waals surface area contributed by atoms with E-state index in [0.717, 1.165) is 11.8 Å². The highest BCUT2D eigenvalue weighted by molar-refractivity contribution is 7.99. The summed E-state index contributed by atoms with van der Waals surface area (Å²) < 4.78 is 3.29. The molecule has 0 saturated carbocycles. The molecular weight excluding hydrogens is 476 g/mol. The zero-order valence-electron chi connectivity index (χ0n) is 17.8. The van der Waals surface area contributed by atoms with E-state index in [1.807, 2.05) is 0 Å². The van der Waals surface area contributed by atoms with Gasteiger partial charge in [0.2, 0.25) is 5.91 Å². The van der Waals surface area contributed by atoms with E-state index in [4.69, 9.17) is 11.6 Å². The molecule has 0 aliphatic rings. The minimum Gasteiger partial charge on any atom is -0.325 e. The third-order valence-electron chi connectivity index (χ3n) is 4.76. The molecule has 0 fully saturated rings. The van der Waals surface area contributed by atoms with Crippen molar-refractivity contribution in [2.45, 2.75) is 32.0 Å². The number of hydrogen-bond donors (Lipinski definition) is 1. The number of hydrogen-bond acceptors (Lipinski definition) is 9. The second kappa shape index (κ2) is 9.95. The van der Waals surface area contributed by atoms with Gasteiger partial charge in [-0.05, 0) is 26.0 Å². The molecule has 2 aromatic heterocycles. The van der Waals surface area contributed by atoms with Gasteiger partial charge in [-0.1, -0.05) is 23.4 Å². The molecule has 33 heavy (non-hydrogen) atoms. The number of rotatable bonds is 9. The van der Waals surface area contributed by atoms with Crippen LogP contribution in [0, 0.1) is 34.1 Å². The Morgan fingerprint density at radius 1 is 1.21 bits per heavy atom. The standard InChI is InChI=1S/C18H19ClN8O5S/c1-10-17(27(31)32)11(2)25(23-10)7-6-15-21-22-18(24(15)3)33-9-16(28)20-12-4-5-13(19)14(8-12)26(29)30/h4-5,8H,6-7,9H2,1-3H3,(H,20,28). The Morgan fingerprint density at radius 2 is 1.94 bits per heavy atom. The predicted molar refractivity (Wildman–Crippen MR) is 121 cm³/mol. The van der Waals surface area contributed by atoms with Crippen molar-refractivity contribution >= 4 is 46.3 Å². The van der Waals surface area contributed by atoms with Crippen LogP contribution in [0.5, 0.6) is 0 Å². The molecule has 0 atom stereocenters. The Kier molecular flexibility index (Phi) is 7.28. The van der Waals surface area contributed by atoms with Crippen molar-refractivity contribution in [3.8, 4) is 0 Å². The number of nitrogens with zero attached hydrogens (tertiary/aromatic N) is 7. The normalized spacial score (nSPS) is 10.9. The van der Waals surface area contributed by atoms with Crippen molar-refractivity contribution in [1.82, 2.24) is 24.5 Å². The highest BCUT2D eigenvalue weighted by Gasteiger charge is 2.22. The van der Waals surface area contributed by atoms with Gasteiger partial charge in [0.25, 0.3) is 5.69 Å². The molecule has 3 aromatic rings. The molecule has 3 rings (SSSR count). The maximum absolute atomic E-state index is 12.2. The molecule has 15 heteroatoms. The van der Waals surface area contributed by atoms with Crippen molar-refractivity contribution < 1.29 is 14.6 Å². The average Bonchev–Trinajstić information content (AvgIpc) is 3.24. The minimum absolute atomic E-state index is 0.00115. The zero-order valence-corrected chi connectivity index (χ0v) is 19.4. The van der Waals surface area contributed by atoms with Crippen LogP contribution in [0.2, 0.25) is 5.02 Å². The van der Waals surface area contributed by atoms with Crippen molar-refractivity contribution in [3.63, 3.8) is 0 Å². The fourth-order valence-corrected chi connectivity index (χ4v) is 4.04. The number of aryl methyl sites for hydroxylation is 3. The van der Waals surface area contributed by atoms with E-state index in [-0.39, 0.29) is 33.7 Å². The number of nitro groups is 2. The van der Waals surface area contributed by atoms with Gasteiger partial charge in [0.15, 0.2) is 5.16 Å². The van der Waals surface area contributed by atoms with E-state index in [0.29, 0.717) is 35.3 Å².